The Balaban J connectivity index is 2.09. The molecule has 0 spiro atoms. The van der Waals surface area contributed by atoms with Crippen molar-refractivity contribution in [2.45, 2.75) is 13.5 Å². The zero-order valence-corrected chi connectivity index (χ0v) is 9.28. The summed E-state index contributed by atoms with van der Waals surface area (Å²) in [6.45, 7) is 2.04. The molecule has 0 atom stereocenters. The third-order valence-corrected chi connectivity index (χ3v) is 1.95. The molecule has 7 nitrogen and oxygen atoms in total. The van der Waals surface area contributed by atoms with Crippen LogP contribution in [0, 0.1) is 0 Å². The molecule has 0 aromatic carbocycles. The number of nitrogens with zero attached hydrogens (tertiary/aromatic N) is 5. The SMILES string of the molecule is CCOC(=O)Cn1nnc(-c2cccnc2)n1. The molecule has 7 heteroatoms. The van der Waals surface area contributed by atoms with Crippen molar-refractivity contribution in [1.29, 1.82) is 0 Å². The Morgan fingerprint density at radius 1 is 1.53 bits per heavy atom. The van der Waals surface area contributed by atoms with Gasteiger partial charge in [-0.05, 0) is 24.3 Å². The Morgan fingerprint density at radius 3 is 3.12 bits per heavy atom. The normalized spacial score (nSPS) is 10.2. The molecule has 88 valence electrons. The number of pyridine rings is 1. The van der Waals surface area contributed by atoms with Crippen molar-refractivity contribution in [1.82, 2.24) is 25.2 Å². The standard InChI is InChI=1S/C10H11N5O2/c1-2-17-9(16)7-15-13-10(12-14-15)8-4-3-5-11-6-8/h3-6H,2,7H2,1H3. The summed E-state index contributed by atoms with van der Waals surface area (Å²) < 4.78 is 4.78. The van der Waals surface area contributed by atoms with E-state index in [4.69, 9.17) is 4.74 Å². The van der Waals surface area contributed by atoms with E-state index in [0.717, 1.165) is 5.56 Å². The molecule has 0 amide bonds. The third-order valence-electron chi connectivity index (χ3n) is 1.95. The van der Waals surface area contributed by atoms with Gasteiger partial charge in [-0.2, -0.15) is 4.80 Å². The van der Waals surface area contributed by atoms with Gasteiger partial charge >= 0.3 is 5.97 Å². The van der Waals surface area contributed by atoms with Crippen LogP contribution in [0.1, 0.15) is 6.92 Å². The summed E-state index contributed by atoms with van der Waals surface area (Å²) in [4.78, 5) is 16.3. The fourth-order valence-electron chi connectivity index (χ4n) is 1.24. The van der Waals surface area contributed by atoms with Crippen molar-refractivity contribution in [3.63, 3.8) is 0 Å². The number of aromatic nitrogens is 5. The number of esters is 1. The first-order valence-corrected chi connectivity index (χ1v) is 5.13. The first-order chi connectivity index (χ1) is 8.29. The number of rotatable bonds is 4. The van der Waals surface area contributed by atoms with Crippen LogP contribution in [0.3, 0.4) is 0 Å². The van der Waals surface area contributed by atoms with Crippen LogP contribution in [0.5, 0.6) is 0 Å². The summed E-state index contributed by atoms with van der Waals surface area (Å²) in [5.74, 6) is 0.0463. The van der Waals surface area contributed by atoms with Gasteiger partial charge in [-0.25, -0.2) is 4.79 Å². The van der Waals surface area contributed by atoms with Crippen molar-refractivity contribution < 1.29 is 9.53 Å². The number of carbonyl (C=O) groups is 1. The first-order valence-electron chi connectivity index (χ1n) is 5.13. The van der Waals surface area contributed by atoms with Gasteiger partial charge in [0.2, 0.25) is 5.82 Å². The summed E-state index contributed by atoms with van der Waals surface area (Å²) in [6.07, 6.45) is 3.29. The van der Waals surface area contributed by atoms with E-state index in [1.165, 1.54) is 4.80 Å². The van der Waals surface area contributed by atoms with Gasteiger partial charge in [0.05, 0.1) is 6.61 Å². The van der Waals surface area contributed by atoms with Gasteiger partial charge < -0.3 is 4.74 Å². The van der Waals surface area contributed by atoms with Crippen LogP contribution < -0.4 is 0 Å². The molecule has 0 saturated carbocycles. The number of hydrogen-bond acceptors (Lipinski definition) is 6. The fourth-order valence-corrected chi connectivity index (χ4v) is 1.24. The second-order valence-electron chi connectivity index (χ2n) is 3.19. The van der Waals surface area contributed by atoms with E-state index in [2.05, 4.69) is 20.4 Å². The van der Waals surface area contributed by atoms with Gasteiger partial charge in [-0.15, -0.1) is 10.2 Å². The minimum Gasteiger partial charge on any atom is -0.465 e. The molecule has 0 saturated heterocycles. The zero-order valence-electron chi connectivity index (χ0n) is 9.28. The van der Waals surface area contributed by atoms with Gasteiger partial charge in [0.15, 0.2) is 6.54 Å². The van der Waals surface area contributed by atoms with Crippen LogP contribution in [-0.4, -0.2) is 37.8 Å². The lowest BCUT2D eigenvalue weighted by Gasteiger charge is -1.98. The van der Waals surface area contributed by atoms with E-state index in [9.17, 15) is 4.79 Å². The Bertz CT molecular complexity index is 496. The molecule has 2 aromatic rings. The van der Waals surface area contributed by atoms with Crippen LogP contribution in [0.4, 0.5) is 0 Å². The number of tetrazole rings is 1. The Kier molecular flexibility index (Phi) is 3.39. The molecule has 0 aliphatic carbocycles. The predicted octanol–water partition coefficient (Wildman–Crippen LogP) is 0.298. The summed E-state index contributed by atoms with van der Waals surface area (Å²) in [7, 11) is 0. The quantitative estimate of drug-likeness (QED) is 0.706. The molecule has 0 bridgehead atoms. The third kappa shape index (κ3) is 2.83. The van der Waals surface area contributed by atoms with Crippen molar-refractivity contribution >= 4 is 5.97 Å². The maximum absolute atomic E-state index is 11.2. The van der Waals surface area contributed by atoms with E-state index < -0.39 is 0 Å². The smallest absolute Gasteiger partial charge is 0.329 e. The Morgan fingerprint density at radius 2 is 2.41 bits per heavy atom. The molecular formula is C10H11N5O2. The lowest BCUT2D eigenvalue weighted by Crippen LogP contribution is -2.15. The van der Waals surface area contributed by atoms with E-state index >= 15 is 0 Å². The van der Waals surface area contributed by atoms with Crippen molar-refractivity contribution in [2.24, 2.45) is 0 Å². The maximum atomic E-state index is 11.2. The highest BCUT2D eigenvalue weighted by Gasteiger charge is 2.09. The summed E-state index contributed by atoms with van der Waals surface area (Å²) in [6, 6.07) is 3.60. The molecule has 2 aromatic heterocycles. The molecule has 2 heterocycles. The molecule has 0 aliphatic rings. The second kappa shape index (κ2) is 5.15. The molecule has 0 aliphatic heterocycles. The van der Waals surface area contributed by atoms with Crippen LogP contribution >= 0.6 is 0 Å². The molecular weight excluding hydrogens is 222 g/mol. The lowest BCUT2D eigenvalue weighted by molar-refractivity contribution is -0.144. The van der Waals surface area contributed by atoms with Crippen LogP contribution in [0.25, 0.3) is 11.4 Å². The molecule has 0 unspecified atom stereocenters. The zero-order chi connectivity index (χ0) is 12.1. The van der Waals surface area contributed by atoms with Gasteiger partial charge in [-0.1, -0.05) is 0 Å². The van der Waals surface area contributed by atoms with E-state index in [0.29, 0.717) is 12.4 Å². The van der Waals surface area contributed by atoms with Crippen LogP contribution in [0.2, 0.25) is 0 Å². The topological polar surface area (TPSA) is 82.8 Å². The van der Waals surface area contributed by atoms with E-state index in [-0.39, 0.29) is 12.5 Å². The summed E-state index contributed by atoms with van der Waals surface area (Å²) in [5.41, 5.74) is 0.752. The molecule has 0 radical (unpaired) electrons. The monoisotopic (exact) mass is 233 g/mol. The largest absolute Gasteiger partial charge is 0.465 e. The average molecular weight is 233 g/mol. The molecule has 2 rings (SSSR count). The van der Waals surface area contributed by atoms with Crippen molar-refractivity contribution in [2.75, 3.05) is 6.61 Å². The molecule has 17 heavy (non-hydrogen) atoms. The summed E-state index contributed by atoms with van der Waals surface area (Å²) >= 11 is 0. The first kappa shape index (κ1) is 11.2. The number of hydrogen-bond donors (Lipinski definition) is 0. The van der Waals surface area contributed by atoms with Gasteiger partial charge in [-0.3, -0.25) is 4.98 Å². The van der Waals surface area contributed by atoms with E-state index in [1.54, 1.807) is 25.4 Å². The Hall–Kier alpha value is -2.31. The summed E-state index contributed by atoms with van der Waals surface area (Å²) in [5, 5.41) is 11.7. The average Bonchev–Trinajstić information content (AvgIpc) is 2.79. The van der Waals surface area contributed by atoms with E-state index in [1.807, 2.05) is 6.07 Å². The lowest BCUT2D eigenvalue weighted by atomic mass is 10.3. The molecule has 0 fully saturated rings. The van der Waals surface area contributed by atoms with Crippen molar-refractivity contribution in [3.05, 3.63) is 24.5 Å². The van der Waals surface area contributed by atoms with Crippen molar-refractivity contribution in [3.8, 4) is 11.4 Å². The number of ether oxygens (including phenoxy) is 1. The minimum absolute atomic E-state index is 0.0406. The van der Waals surface area contributed by atoms with Gasteiger partial charge in [0.25, 0.3) is 0 Å². The maximum Gasteiger partial charge on any atom is 0.329 e. The predicted molar refractivity (Wildman–Crippen MR) is 57.7 cm³/mol. The highest BCUT2D eigenvalue weighted by molar-refractivity contribution is 5.68. The number of carbonyl (C=O) groups excluding carboxylic acids is 1. The van der Waals surface area contributed by atoms with Crippen LogP contribution in [-0.2, 0) is 16.1 Å². The minimum atomic E-state index is -0.386. The fraction of sp³-hybridized carbons (Fsp3) is 0.300. The highest BCUT2D eigenvalue weighted by Crippen LogP contribution is 2.09. The highest BCUT2D eigenvalue weighted by atomic mass is 16.5. The second-order valence-corrected chi connectivity index (χ2v) is 3.19. The molecule has 0 N–H and O–H groups in total. The van der Waals surface area contributed by atoms with Gasteiger partial charge in [0.1, 0.15) is 0 Å². The van der Waals surface area contributed by atoms with Crippen LogP contribution in [0.15, 0.2) is 24.5 Å². The Labute approximate surface area is 97.4 Å². The van der Waals surface area contributed by atoms with Gasteiger partial charge in [0, 0.05) is 18.0 Å².